The van der Waals surface area contributed by atoms with Crippen LogP contribution in [0.3, 0.4) is 0 Å². The molecule has 0 aromatic rings. The number of Topliss-reactive ketones (excluding diaryl/α,β-unsaturated/α-hetero) is 1. The second kappa shape index (κ2) is 21.7. The molecule has 2 aliphatic rings. The molecule has 2 fully saturated rings. The summed E-state index contributed by atoms with van der Waals surface area (Å²) in [6.45, 7) is 0.140. The maximum Gasteiger partial charge on any atom is 2.00 e. The van der Waals surface area contributed by atoms with Crippen molar-refractivity contribution in [2.24, 2.45) is 17.2 Å². The van der Waals surface area contributed by atoms with Crippen LogP contribution in [0.15, 0.2) is 0 Å². The van der Waals surface area contributed by atoms with Gasteiger partial charge in [-0.1, -0.05) is 12.1 Å². The van der Waals surface area contributed by atoms with E-state index < -0.39 is 28.4 Å². The average Bonchev–Trinajstić information content (AvgIpc) is 3.27. The molecule has 2 saturated heterocycles. The molecule has 2 heterocycles. The van der Waals surface area contributed by atoms with Gasteiger partial charge in [0.2, 0.25) is 23.6 Å². The molecule has 13 nitrogen and oxygen atoms in total. The Hall–Kier alpha value is -0.0878. The SMILES string of the molecule is [CH2-]N.[NH-]C(CSC1CC(=O)N(CCCCN2C(=O)CC(SCC(N)[C-]=O)C2=O)C1=O)C(=O)CN.[NH2-].[W+2].[Y]. The molecule has 4 unspecified atom stereocenters. The van der Waals surface area contributed by atoms with Crippen molar-refractivity contribution in [2.45, 2.75) is 48.3 Å². The quantitative estimate of drug-likeness (QED) is 0.113. The van der Waals surface area contributed by atoms with Crippen LogP contribution in [0.5, 0.6) is 0 Å². The normalized spacial score (nSPS) is 20.2. The predicted octanol–water partition coefficient (Wildman–Crippen LogP) is -0.678. The first-order valence-electron chi connectivity index (χ1n) is 10.6. The van der Waals surface area contributed by atoms with E-state index in [0.717, 1.165) is 28.4 Å². The second-order valence-electron chi connectivity index (χ2n) is 7.47. The van der Waals surface area contributed by atoms with E-state index >= 15 is 0 Å². The Morgan fingerprint density at radius 1 is 1.00 bits per heavy atom. The third-order valence-electron chi connectivity index (χ3n) is 5.10. The van der Waals surface area contributed by atoms with E-state index in [-0.39, 0.29) is 128 Å². The molecule has 4 atom stereocenters. The van der Waals surface area contributed by atoms with Gasteiger partial charge in [0.15, 0.2) is 0 Å². The Morgan fingerprint density at radius 2 is 1.41 bits per heavy atom. The Morgan fingerprint density at radius 3 is 1.78 bits per heavy atom. The second-order valence-corrected chi connectivity index (χ2v) is 9.95. The fraction of sp³-hybridized carbons (Fsp3) is 0.650. The van der Waals surface area contributed by atoms with Crippen LogP contribution in [0.1, 0.15) is 25.7 Å². The number of likely N-dealkylation sites (tertiary alicyclic amines) is 2. The summed E-state index contributed by atoms with van der Waals surface area (Å²) in [4.78, 5) is 73.3. The molecule has 17 heteroatoms. The summed E-state index contributed by atoms with van der Waals surface area (Å²) in [6.07, 6.45) is 2.58. The number of thioether (sulfide) groups is 2. The van der Waals surface area contributed by atoms with E-state index in [9.17, 15) is 28.8 Å². The third-order valence-corrected chi connectivity index (χ3v) is 7.72. The van der Waals surface area contributed by atoms with Gasteiger partial charge in [0.1, 0.15) is 5.78 Å². The molecule has 0 spiro atoms. The van der Waals surface area contributed by atoms with Gasteiger partial charge in [-0.15, -0.1) is 23.5 Å². The first kappa shape index (κ1) is 41.4. The molecule has 0 aromatic carbocycles. The number of unbranched alkanes of at least 4 members (excludes halogenated alkanes) is 1. The van der Waals surface area contributed by atoms with Gasteiger partial charge in [0.25, 0.3) is 0 Å². The number of nitrogens with two attached hydrogens (primary N) is 4. The maximum absolute atomic E-state index is 12.5. The largest absolute Gasteiger partial charge is 2.00 e. The molecule has 0 bridgehead atoms. The molecule has 37 heavy (non-hydrogen) atoms. The molecule has 0 aliphatic carbocycles. The number of nitrogens with zero attached hydrogens (tertiary/aromatic N) is 2. The van der Waals surface area contributed by atoms with Gasteiger partial charge in [0, 0.05) is 58.6 Å². The zero-order valence-corrected chi connectivity index (χ0v) is 27.7. The summed E-state index contributed by atoms with van der Waals surface area (Å²) in [5.74, 6) is -1.38. The van der Waals surface area contributed by atoms with Crippen LogP contribution in [0.4, 0.5) is 0 Å². The number of hydrogen-bond donors (Lipinski definition) is 3. The zero-order chi connectivity index (χ0) is 25.8. The van der Waals surface area contributed by atoms with Crippen LogP contribution in [-0.4, -0.2) is 99.2 Å². The van der Waals surface area contributed by atoms with E-state index in [4.69, 9.17) is 17.2 Å². The fourth-order valence-corrected chi connectivity index (χ4v) is 5.46. The summed E-state index contributed by atoms with van der Waals surface area (Å²) < 4.78 is 0. The zero-order valence-electron chi connectivity index (χ0n) is 20.3. The van der Waals surface area contributed by atoms with Gasteiger partial charge >= 0.3 is 21.1 Å². The number of carbonyl (C=O) groups excluding carboxylic acids is 6. The minimum absolute atomic E-state index is 0. The summed E-state index contributed by atoms with van der Waals surface area (Å²) in [7, 11) is 2.75. The first-order valence-corrected chi connectivity index (χ1v) is 12.7. The van der Waals surface area contributed by atoms with Gasteiger partial charge in [0.05, 0.1) is 17.0 Å². The predicted molar refractivity (Wildman–Crippen MR) is 135 cm³/mol. The Labute approximate surface area is 265 Å². The third kappa shape index (κ3) is 12.8. The number of ketones is 1. The van der Waals surface area contributed by atoms with Gasteiger partial charge in [-0.25, -0.2) is 6.29 Å². The Kier molecular flexibility index (Phi) is 24.3. The van der Waals surface area contributed by atoms with E-state index in [0.29, 0.717) is 12.8 Å². The molecule has 0 aromatic heterocycles. The van der Waals surface area contributed by atoms with Crippen LogP contribution in [0.25, 0.3) is 11.9 Å². The van der Waals surface area contributed by atoms with Gasteiger partial charge < -0.3 is 33.9 Å². The Bertz CT molecular complexity index is 785. The van der Waals surface area contributed by atoms with Crippen LogP contribution >= 0.6 is 23.5 Å². The minimum atomic E-state index is -1.02. The molecule has 1 radical (unpaired) electrons. The number of amides is 4. The summed E-state index contributed by atoms with van der Waals surface area (Å²) in [5.41, 5.74) is 22.6. The molecule has 2 rings (SSSR count). The average molecular weight is 804 g/mol. The maximum atomic E-state index is 12.5. The van der Waals surface area contributed by atoms with Crippen LogP contribution in [0.2, 0.25) is 0 Å². The number of imide groups is 2. The smallest absolute Gasteiger partial charge is 0.693 e. The summed E-state index contributed by atoms with van der Waals surface area (Å²) >= 11 is 2.27. The van der Waals surface area contributed by atoms with E-state index in [1.54, 1.807) is 6.29 Å². The molecular weight excluding hydrogens is 771 g/mol. The number of carbonyl (C=O) groups is 5. The minimum Gasteiger partial charge on any atom is -0.693 e. The van der Waals surface area contributed by atoms with E-state index in [1.165, 1.54) is 4.90 Å². The van der Waals surface area contributed by atoms with Crippen molar-refractivity contribution in [1.82, 2.24) is 9.80 Å². The van der Waals surface area contributed by atoms with Crippen molar-refractivity contribution in [1.29, 1.82) is 0 Å². The van der Waals surface area contributed by atoms with Crippen molar-refractivity contribution in [3.05, 3.63) is 18.9 Å². The molecular formula is C20H33N7O6S2WY-2. The van der Waals surface area contributed by atoms with Crippen molar-refractivity contribution in [2.75, 3.05) is 31.1 Å². The molecule has 4 amide bonds. The Balaban J connectivity index is -0.00000225. The topological polar surface area (TPSA) is 244 Å². The molecule has 9 N–H and O–H groups in total. The molecule has 0 saturated carbocycles. The monoisotopic (exact) mass is 804 g/mol. The summed E-state index contributed by atoms with van der Waals surface area (Å²) in [5, 5.41) is -1.18. The molecule has 207 valence electrons. The van der Waals surface area contributed by atoms with Crippen molar-refractivity contribution < 1.29 is 82.5 Å². The van der Waals surface area contributed by atoms with Crippen molar-refractivity contribution >= 4 is 59.2 Å². The van der Waals surface area contributed by atoms with Crippen LogP contribution in [0, 0.1) is 7.05 Å². The summed E-state index contributed by atoms with van der Waals surface area (Å²) in [6, 6.07) is -1.82. The van der Waals surface area contributed by atoms with Gasteiger partial charge in [-0.05, 0) is 24.3 Å². The fourth-order valence-electron chi connectivity index (χ4n) is 3.28. The van der Waals surface area contributed by atoms with E-state index in [2.05, 4.69) is 12.8 Å². The van der Waals surface area contributed by atoms with Crippen molar-refractivity contribution in [3.8, 4) is 0 Å². The number of rotatable bonds is 14. The number of hydrogen-bond acceptors (Lipinski definition) is 11. The van der Waals surface area contributed by atoms with E-state index in [1.807, 2.05) is 0 Å². The van der Waals surface area contributed by atoms with Crippen LogP contribution in [-0.2, 0) is 82.5 Å². The van der Waals surface area contributed by atoms with Crippen molar-refractivity contribution in [3.63, 3.8) is 0 Å². The number of nitrogens with one attached hydrogen (secondary N) is 1. The molecule has 2 aliphatic heterocycles. The van der Waals surface area contributed by atoms with Gasteiger partial charge in [-0.2, -0.15) is 0 Å². The standard InChI is InChI=1S/C19H27N5O6S2.CH4N.H2N.W.Y/c20-7-13(26)12(22)10-32-15-6-17(28)24(19(15)30)4-2-1-3-23-16(27)5-14(18(23)29)31-9-11(21)8-25;1-2;;;/h11-12,14-15,22H,1-7,9-10,20-21H2;1-2H2;1H2;;/q-2;2*-1;+2;. The van der Waals surface area contributed by atoms with Gasteiger partial charge in [-0.3, -0.25) is 40.8 Å². The first-order chi connectivity index (χ1) is 16.2. The van der Waals surface area contributed by atoms with Crippen LogP contribution < -0.4 is 17.2 Å².